The van der Waals surface area contributed by atoms with E-state index in [9.17, 15) is 9.18 Å². The smallest absolute Gasteiger partial charge is 0.407 e. The van der Waals surface area contributed by atoms with Crippen molar-refractivity contribution < 1.29 is 14.3 Å². The van der Waals surface area contributed by atoms with Crippen molar-refractivity contribution in [3.8, 4) is 0 Å². The third-order valence-electron chi connectivity index (χ3n) is 4.82. The van der Waals surface area contributed by atoms with Crippen molar-refractivity contribution in [1.82, 2.24) is 10.2 Å². The summed E-state index contributed by atoms with van der Waals surface area (Å²) in [5.41, 5.74) is 0.638. The second kappa shape index (κ2) is 7.13. The Morgan fingerprint density at radius 1 is 1.35 bits per heavy atom. The number of hydrogen-bond donors (Lipinski definition) is 2. The van der Waals surface area contributed by atoms with Gasteiger partial charge in [0.1, 0.15) is 5.82 Å². The highest BCUT2D eigenvalue weighted by Crippen LogP contribution is 2.33. The third kappa shape index (κ3) is 4.32. The number of hydrogen-bond acceptors (Lipinski definition) is 2. The van der Waals surface area contributed by atoms with Crippen molar-refractivity contribution in [2.45, 2.75) is 25.3 Å². The zero-order chi connectivity index (χ0) is 16.2. The molecule has 1 aliphatic carbocycles. The van der Waals surface area contributed by atoms with E-state index in [0.717, 1.165) is 25.8 Å². The number of likely N-dealkylation sites (tertiary alicyclic amines) is 1. The number of halogens is 1. The van der Waals surface area contributed by atoms with Crippen molar-refractivity contribution in [3.63, 3.8) is 0 Å². The molecule has 1 saturated carbocycles. The Labute approximate surface area is 136 Å². The Balaban J connectivity index is 1.37. The van der Waals surface area contributed by atoms with Crippen LogP contribution in [0.2, 0.25) is 0 Å². The predicted molar refractivity (Wildman–Crippen MR) is 87.7 cm³/mol. The number of piperidine rings is 1. The van der Waals surface area contributed by atoms with Gasteiger partial charge in [0, 0.05) is 24.7 Å². The summed E-state index contributed by atoms with van der Waals surface area (Å²) >= 11 is 0. The Morgan fingerprint density at radius 3 is 2.78 bits per heavy atom. The minimum Gasteiger partial charge on any atom is -0.465 e. The predicted octanol–water partition coefficient (Wildman–Crippen LogP) is 3.21. The van der Waals surface area contributed by atoms with Crippen molar-refractivity contribution in [2.24, 2.45) is 11.8 Å². The first kappa shape index (κ1) is 16.0. The molecule has 1 saturated heterocycles. The van der Waals surface area contributed by atoms with E-state index in [4.69, 9.17) is 5.11 Å². The number of nitrogens with one attached hydrogen (secondary N) is 1. The van der Waals surface area contributed by atoms with E-state index in [0.29, 0.717) is 36.5 Å². The standard InChI is InChI=1S/C18H23FN2O2/c19-16-4-2-1-3-14(16)5-6-15-11-17(15)20-12-13-7-9-21(10-8-13)18(22)23/h1-6,13,15,17,20H,7-12H2,(H,22,23)/b6-5+. The van der Waals surface area contributed by atoms with Crippen molar-refractivity contribution in [3.05, 3.63) is 41.7 Å². The molecule has 4 nitrogen and oxygen atoms in total. The molecule has 0 bridgehead atoms. The normalized spacial score (nSPS) is 25.0. The van der Waals surface area contributed by atoms with Crippen LogP contribution in [0.5, 0.6) is 0 Å². The summed E-state index contributed by atoms with van der Waals surface area (Å²) < 4.78 is 13.5. The molecule has 1 amide bonds. The highest BCUT2D eigenvalue weighted by Gasteiger charge is 2.35. The summed E-state index contributed by atoms with van der Waals surface area (Å²) in [4.78, 5) is 12.4. The van der Waals surface area contributed by atoms with E-state index in [1.807, 2.05) is 12.1 Å². The fourth-order valence-corrected chi connectivity index (χ4v) is 3.15. The van der Waals surface area contributed by atoms with Crippen LogP contribution < -0.4 is 5.32 Å². The molecule has 124 valence electrons. The zero-order valence-corrected chi connectivity index (χ0v) is 13.1. The largest absolute Gasteiger partial charge is 0.465 e. The van der Waals surface area contributed by atoms with E-state index in [2.05, 4.69) is 11.4 Å². The Morgan fingerprint density at radius 2 is 2.09 bits per heavy atom. The molecule has 2 N–H and O–H groups in total. The van der Waals surface area contributed by atoms with Gasteiger partial charge in [-0.25, -0.2) is 9.18 Å². The maximum Gasteiger partial charge on any atom is 0.407 e. The molecule has 1 heterocycles. The molecule has 2 unspecified atom stereocenters. The van der Waals surface area contributed by atoms with Crippen LogP contribution in [0.25, 0.3) is 6.08 Å². The van der Waals surface area contributed by atoms with E-state index in [-0.39, 0.29) is 5.82 Å². The molecular formula is C18H23FN2O2. The number of carboxylic acid groups (broad SMARTS) is 1. The number of benzene rings is 1. The number of carbonyl (C=O) groups is 1. The molecule has 0 aromatic heterocycles. The third-order valence-corrected chi connectivity index (χ3v) is 4.82. The summed E-state index contributed by atoms with van der Waals surface area (Å²) in [7, 11) is 0. The van der Waals surface area contributed by atoms with Crippen molar-refractivity contribution in [2.75, 3.05) is 19.6 Å². The molecule has 1 aromatic rings. The fourth-order valence-electron chi connectivity index (χ4n) is 3.15. The lowest BCUT2D eigenvalue weighted by atomic mass is 9.97. The van der Waals surface area contributed by atoms with Gasteiger partial charge in [-0.3, -0.25) is 0 Å². The molecule has 0 spiro atoms. The van der Waals surface area contributed by atoms with Gasteiger partial charge >= 0.3 is 6.09 Å². The van der Waals surface area contributed by atoms with E-state index in [1.54, 1.807) is 12.1 Å². The van der Waals surface area contributed by atoms with Crippen LogP contribution >= 0.6 is 0 Å². The van der Waals surface area contributed by atoms with E-state index >= 15 is 0 Å². The minimum absolute atomic E-state index is 0.181. The lowest BCUT2D eigenvalue weighted by molar-refractivity contribution is 0.124. The first-order valence-electron chi connectivity index (χ1n) is 8.27. The number of rotatable bonds is 5. The zero-order valence-electron chi connectivity index (χ0n) is 13.1. The maximum absolute atomic E-state index is 13.5. The van der Waals surface area contributed by atoms with Gasteiger partial charge in [-0.15, -0.1) is 0 Å². The van der Waals surface area contributed by atoms with Crippen LogP contribution in [0.15, 0.2) is 30.3 Å². The average Bonchev–Trinajstić information content (AvgIpc) is 3.31. The summed E-state index contributed by atoms with van der Waals surface area (Å²) in [6, 6.07) is 7.28. The van der Waals surface area contributed by atoms with Crippen molar-refractivity contribution in [1.29, 1.82) is 0 Å². The van der Waals surface area contributed by atoms with Crippen LogP contribution in [-0.4, -0.2) is 41.8 Å². The summed E-state index contributed by atoms with van der Waals surface area (Å²) in [6.07, 6.45) is 6.11. The molecule has 1 aromatic carbocycles. The van der Waals surface area contributed by atoms with Crippen LogP contribution in [0.4, 0.5) is 9.18 Å². The molecule has 0 radical (unpaired) electrons. The molecular weight excluding hydrogens is 295 g/mol. The van der Waals surface area contributed by atoms with Gasteiger partial charge < -0.3 is 15.3 Å². The highest BCUT2D eigenvalue weighted by atomic mass is 19.1. The molecule has 2 atom stereocenters. The summed E-state index contributed by atoms with van der Waals surface area (Å²) in [5.74, 6) is 0.857. The van der Waals surface area contributed by atoms with Crippen molar-refractivity contribution >= 4 is 12.2 Å². The quantitative estimate of drug-likeness (QED) is 0.876. The summed E-state index contributed by atoms with van der Waals surface area (Å²) in [5, 5.41) is 12.5. The topological polar surface area (TPSA) is 52.6 Å². The lowest BCUT2D eigenvalue weighted by Crippen LogP contribution is -2.40. The second-order valence-electron chi connectivity index (χ2n) is 6.51. The molecule has 23 heavy (non-hydrogen) atoms. The number of amides is 1. The van der Waals surface area contributed by atoms with Gasteiger partial charge in [0.2, 0.25) is 0 Å². The SMILES string of the molecule is O=C(O)N1CCC(CNC2CC2/C=C/c2ccccc2F)CC1. The average molecular weight is 318 g/mol. The summed E-state index contributed by atoms with van der Waals surface area (Å²) in [6.45, 7) is 2.23. The monoisotopic (exact) mass is 318 g/mol. The molecule has 1 aliphatic heterocycles. The first-order chi connectivity index (χ1) is 11.1. The minimum atomic E-state index is -0.808. The first-order valence-corrected chi connectivity index (χ1v) is 8.27. The maximum atomic E-state index is 13.5. The van der Waals surface area contributed by atoms with Crippen LogP contribution in [0, 0.1) is 17.7 Å². The van der Waals surface area contributed by atoms with Crippen LogP contribution in [-0.2, 0) is 0 Å². The molecule has 2 aliphatic rings. The van der Waals surface area contributed by atoms with Crippen LogP contribution in [0.1, 0.15) is 24.8 Å². The van der Waals surface area contributed by atoms with Gasteiger partial charge in [-0.2, -0.15) is 0 Å². The highest BCUT2D eigenvalue weighted by molar-refractivity contribution is 5.64. The lowest BCUT2D eigenvalue weighted by Gasteiger charge is -2.30. The van der Waals surface area contributed by atoms with Crippen LogP contribution in [0.3, 0.4) is 0 Å². The molecule has 2 fully saturated rings. The second-order valence-corrected chi connectivity index (χ2v) is 6.51. The van der Waals surface area contributed by atoms with Gasteiger partial charge in [0.15, 0.2) is 0 Å². The Hall–Kier alpha value is -1.88. The molecule has 5 heteroatoms. The van der Waals surface area contributed by atoms with Gasteiger partial charge in [0.25, 0.3) is 0 Å². The van der Waals surface area contributed by atoms with E-state index in [1.165, 1.54) is 11.0 Å². The Bertz CT molecular complexity index is 582. The van der Waals surface area contributed by atoms with Gasteiger partial charge in [-0.1, -0.05) is 30.4 Å². The van der Waals surface area contributed by atoms with Gasteiger partial charge in [-0.05, 0) is 43.7 Å². The number of nitrogens with zero attached hydrogens (tertiary/aromatic N) is 1. The molecule has 3 rings (SSSR count). The van der Waals surface area contributed by atoms with E-state index < -0.39 is 6.09 Å². The fraction of sp³-hybridized carbons (Fsp3) is 0.500. The Kier molecular flexibility index (Phi) is 4.96. The van der Waals surface area contributed by atoms with Gasteiger partial charge in [0.05, 0.1) is 0 Å².